The third kappa shape index (κ3) is 3.59. The molecule has 0 unspecified atom stereocenters. The minimum atomic E-state index is -0.290. The number of aliphatic hydroxyl groups is 1. The first-order chi connectivity index (χ1) is 11.2. The quantitative estimate of drug-likeness (QED) is 0.943. The van der Waals surface area contributed by atoms with Gasteiger partial charge in [-0.2, -0.15) is 0 Å². The second-order valence-corrected chi connectivity index (χ2v) is 6.06. The Bertz CT molecular complexity index is 657. The molecule has 120 valence electrons. The Labute approximate surface area is 135 Å². The van der Waals surface area contributed by atoms with E-state index in [1.54, 1.807) is 17.0 Å². The van der Waals surface area contributed by atoms with Gasteiger partial charge in [-0.25, -0.2) is 4.39 Å². The first-order valence-electron chi connectivity index (χ1n) is 7.85. The van der Waals surface area contributed by atoms with Crippen molar-refractivity contribution in [2.24, 2.45) is 5.92 Å². The second kappa shape index (κ2) is 6.92. The average molecular weight is 313 g/mol. The molecular formula is C19H20FNO2. The predicted molar refractivity (Wildman–Crippen MR) is 86.2 cm³/mol. The van der Waals surface area contributed by atoms with E-state index in [1.165, 1.54) is 12.1 Å². The molecule has 1 aliphatic rings. The molecule has 0 radical (unpaired) electrons. The molecule has 1 aliphatic heterocycles. The predicted octanol–water partition coefficient (Wildman–Crippen LogP) is 2.95. The molecule has 4 heteroatoms. The molecule has 3 rings (SSSR count). The third-order valence-electron chi connectivity index (χ3n) is 4.52. The summed E-state index contributed by atoms with van der Waals surface area (Å²) in [7, 11) is 0. The summed E-state index contributed by atoms with van der Waals surface area (Å²) in [6.07, 6.45) is 0.351. The van der Waals surface area contributed by atoms with Crippen LogP contribution in [0.1, 0.15) is 23.5 Å². The van der Waals surface area contributed by atoms with Crippen LogP contribution in [0.5, 0.6) is 0 Å². The summed E-state index contributed by atoms with van der Waals surface area (Å²) in [6, 6.07) is 16.1. The molecule has 0 aromatic heterocycles. The van der Waals surface area contributed by atoms with Crippen LogP contribution < -0.4 is 0 Å². The van der Waals surface area contributed by atoms with Gasteiger partial charge < -0.3 is 10.0 Å². The van der Waals surface area contributed by atoms with E-state index in [4.69, 9.17) is 0 Å². The van der Waals surface area contributed by atoms with E-state index in [1.807, 2.05) is 30.3 Å². The number of piperidine rings is 1. The summed E-state index contributed by atoms with van der Waals surface area (Å²) < 4.78 is 13.1. The zero-order valence-corrected chi connectivity index (χ0v) is 12.9. The summed E-state index contributed by atoms with van der Waals surface area (Å²) in [4.78, 5) is 14.3. The number of likely N-dealkylation sites (tertiary alicyclic amines) is 1. The molecule has 0 aliphatic carbocycles. The lowest BCUT2D eigenvalue weighted by molar-refractivity contribution is -0.137. The van der Waals surface area contributed by atoms with Crippen LogP contribution in [0.15, 0.2) is 54.6 Å². The maximum Gasteiger partial charge on any atom is 0.223 e. The van der Waals surface area contributed by atoms with Gasteiger partial charge in [-0.05, 0) is 29.2 Å². The Morgan fingerprint density at radius 1 is 1.09 bits per heavy atom. The van der Waals surface area contributed by atoms with Gasteiger partial charge in [0.05, 0.1) is 0 Å². The molecule has 1 heterocycles. The van der Waals surface area contributed by atoms with Crippen molar-refractivity contribution in [2.75, 3.05) is 13.2 Å². The van der Waals surface area contributed by atoms with E-state index in [2.05, 4.69) is 0 Å². The molecule has 2 atom stereocenters. The molecule has 1 N–H and O–H groups in total. The SMILES string of the molecule is O=C1C[C@H](c2ccc(F)cc2)[C@@H](CO)CN1Cc1ccccc1. The molecule has 3 nitrogen and oxygen atoms in total. The number of amides is 1. The van der Waals surface area contributed by atoms with E-state index in [9.17, 15) is 14.3 Å². The number of rotatable bonds is 4. The molecule has 1 amide bonds. The van der Waals surface area contributed by atoms with Crippen molar-refractivity contribution >= 4 is 5.91 Å². The van der Waals surface area contributed by atoms with Gasteiger partial charge in [0.2, 0.25) is 5.91 Å². The number of nitrogens with zero attached hydrogens (tertiary/aromatic N) is 1. The highest BCUT2D eigenvalue weighted by molar-refractivity contribution is 5.78. The van der Waals surface area contributed by atoms with Crippen molar-refractivity contribution < 1.29 is 14.3 Å². The fourth-order valence-corrected chi connectivity index (χ4v) is 3.24. The highest BCUT2D eigenvalue weighted by atomic mass is 19.1. The summed E-state index contributed by atoms with van der Waals surface area (Å²) in [6.45, 7) is 1.10. The zero-order valence-electron chi connectivity index (χ0n) is 12.9. The summed E-state index contributed by atoms with van der Waals surface area (Å²) in [5.41, 5.74) is 2.00. The third-order valence-corrected chi connectivity index (χ3v) is 4.52. The van der Waals surface area contributed by atoms with Crippen LogP contribution in [0, 0.1) is 11.7 Å². The molecule has 1 fully saturated rings. The van der Waals surface area contributed by atoms with E-state index < -0.39 is 0 Å². The number of carbonyl (C=O) groups is 1. The van der Waals surface area contributed by atoms with Crippen LogP contribution in [0.4, 0.5) is 4.39 Å². The minimum Gasteiger partial charge on any atom is -0.396 e. The van der Waals surface area contributed by atoms with Crippen LogP contribution in [-0.4, -0.2) is 29.1 Å². The maximum absolute atomic E-state index is 13.1. The van der Waals surface area contributed by atoms with Crippen LogP contribution in [0.3, 0.4) is 0 Å². The standard InChI is InChI=1S/C19H20FNO2/c20-17-8-6-15(7-9-17)18-10-19(23)21(12-16(18)13-22)11-14-4-2-1-3-5-14/h1-9,16,18,22H,10-13H2/t16-,18-/m1/s1. The highest BCUT2D eigenvalue weighted by Gasteiger charge is 2.34. The Morgan fingerprint density at radius 3 is 2.43 bits per heavy atom. The topological polar surface area (TPSA) is 40.5 Å². The van der Waals surface area contributed by atoms with Gasteiger partial charge >= 0.3 is 0 Å². The van der Waals surface area contributed by atoms with Gasteiger partial charge in [0.25, 0.3) is 0 Å². The van der Waals surface area contributed by atoms with Gasteiger partial charge in [0.15, 0.2) is 0 Å². The number of hydrogen-bond acceptors (Lipinski definition) is 2. The fourth-order valence-electron chi connectivity index (χ4n) is 3.24. The molecule has 23 heavy (non-hydrogen) atoms. The minimum absolute atomic E-state index is 0.0145. The molecule has 2 aromatic carbocycles. The Balaban J connectivity index is 1.75. The molecule has 0 bridgehead atoms. The number of aliphatic hydroxyl groups excluding tert-OH is 1. The smallest absolute Gasteiger partial charge is 0.223 e. The maximum atomic E-state index is 13.1. The largest absolute Gasteiger partial charge is 0.396 e. The number of carbonyl (C=O) groups excluding carboxylic acids is 1. The van der Waals surface area contributed by atoms with Gasteiger partial charge in [-0.3, -0.25) is 4.79 Å². The van der Waals surface area contributed by atoms with Gasteiger partial charge in [-0.15, -0.1) is 0 Å². The molecule has 1 saturated heterocycles. The lowest BCUT2D eigenvalue weighted by Crippen LogP contribution is -2.44. The van der Waals surface area contributed by atoms with Gasteiger partial charge in [-0.1, -0.05) is 42.5 Å². The van der Waals surface area contributed by atoms with Crippen LogP contribution in [-0.2, 0) is 11.3 Å². The first-order valence-corrected chi connectivity index (χ1v) is 7.85. The van der Waals surface area contributed by atoms with Crippen molar-refractivity contribution in [1.29, 1.82) is 0 Å². The molecule has 0 saturated carbocycles. The first kappa shape index (κ1) is 15.7. The van der Waals surface area contributed by atoms with Crippen LogP contribution in [0.25, 0.3) is 0 Å². The fraction of sp³-hybridized carbons (Fsp3) is 0.316. The van der Waals surface area contributed by atoms with Crippen molar-refractivity contribution in [3.63, 3.8) is 0 Å². The summed E-state index contributed by atoms with van der Waals surface area (Å²) >= 11 is 0. The van der Waals surface area contributed by atoms with Crippen molar-refractivity contribution in [3.05, 3.63) is 71.5 Å². The van der Waals surface area contributed by atoms with E-state index >= 15 is 0 Å². The van der Waals surface area contributed by atoms with Crippen molar-refractivity contribution in [1.82, 2.24) is 4.90 Å². The van der Waals surface area contributed by atoms with Crippen molar-refractivity contribution in [3.8, 4) is 0 Å². The van der Waals surface area contributed by atoms with E-state index in [0.717, 1.165) is 11.1 Å². The van der Waals surface area contributed by atoms with E-state index in [0.29, 0.717) is 19.5 Å². The second-order valence-electron chi connectivity index (χ2n) is 6.06. The normalized spacial score (nSPS) is 21.5. The Hall–Kier alpha value is -2.20. The molecule has 2 aromatic rings. The van der Waals surface area contributed by atoms with Crippen LogP contribution in [0.2, 0.25) is 0 Å². The van der Waals surface area contributed by atoms with Crippen LogP contribution >= 0.6 is 0 Å². The highest BCUT2D eigenvalue weighted by Crippen LogP contribution is 2.34. The number of benzene rings is 2. The van der Waals surface area contributed by atoms with E-state index in [-0.39, 0.29) is 30.2 Å². The number of halogens is 1. The van der Waals surface area contributed by atoms with Gasteiger partial charge in [0, 0.05) is 32.0 Å². The summed E-state index contributed by atoms with van der Waals surface area (Å²) in [5.74, 6) is -0.294. The molecular weight excluding hydrogens is 293 g/mol. The molecule has 0 spiro atoms. The Morgan fingerprint density at radius 2 is 1.78 bits per heavy atom. The summed E-state index contributed by atoms with van der Waals surface area (Å²) in [5, 5.41) is 9.74. The lowest BCUT2D eigenvalue weighted by atomic mass is 9.80. The van der Waals surface area contributed by atoms with Gasteiger partial charge in [0.1, 0.15) is 5.82 Å². The monoisotopic (exact) mass is 313 g/mol. The zero-order chi connectivity index (χ0) is 16.2. The van der Waals surface area contributed by atoms with Crippen molar-refractivity contribution in [2.45, 2.75) is 18.9 Å². The average Bonchev–Trinajstić information content (AvgIpc) is 2.58. The number of hydrogen-bond donors (Lipinski definition) is 1. The lowest BCUT2D eigenvalue weighted by Gasteiger charge is -2.37. The Kier molecular flexibility index (Phi) is 4.72.